The summed E-state index contributed by atoms with van der Waals surface area (Å²) in [6, 6.07) is 3.17. The average Bonchev–Trinajstić information content (AvgIpc) is 2.99. The first-order valence-electron chi connectivity index (χ1n) is 8.36. The van der Waals surface area contributed by atoms with Crippen molar-refractivity contribution in [3.8, 4) is 6.07 Å². The van der Waals surface area contributed by atoms with E-state index < -0.39 is 17.8 Å². The lowest BCUT2D eigenvalue weighted by molar-refractivity contribution is -0.141. The van der Waals surface area contributed by atoms with Gasteiger partial charge >= 0.3 is 6.18 Å². The Morgan fingerprint density at radius 2 is 2.19 bits per heavy atom. The van der Waals surface area contributed by atoms with Gasteiger partial charge < -0.3 is 5.32 Å². The molecule has 2 aromatic rings. The summed E-state index contributed by atoms with van der Waals surface area (Å²) in [5, 5.41) is 16.1. The van der Waals surface area contributed by atoms with Crippen LogP contribution in [0, 0.1) is 11.3 Å². The third kappa shape index (κ3) is 3.09. The highest BCUT2D eigenvalue weighted by Crippen LogP contribution is 2.42. The van der Waals surface area contributed by atoms with Crippen LogP contribution < -0.4 is 5.32 Å². The van der Waals surface area contributed by atoms with Gasteiger partial charge in [-0.25, -0.2) is 0 Å². The van der Waals surface area contributed by atoms with Gasteiger partial charge in [-0.1, -0.05) is 0 Å². The Hall–Kier alpha value is -2.34. The van der Waals surface area contributed by atoms with E-state index in [4.69, 9.17) is 0 Å². The van der Waals surface area contributed by atoms with Crippen molar-refractivity contribution in [2.75, 3.05) is 5.32 Å². The SMILES string of the molecule is N#Cc1c(NC(=O)Cn2nc(C(F)(F)F)cc2C2CC2)sc2c1CCC2. The number of hydrogen-bond acceptors (Lipinski definition) is 4. The maximum Gasteiger partial charge on any atom is 0.435 e. The van der Waals surface area contributed by atoms with Crippen molar-refractivity contribution in [2.24, 2.45) is 0 Å². The van der Waals surface area contributed by atoms with Gasteiger partial charge in [0.2, 0.25) is 5.91 Å². The smallest absolute Gasteiger partial charge is 0.315 e. The number of hydrogen-bond donors (Lipinski definition) is 1. The predicted molar refractivity (Wildman–Crippen MR) is 88.9 cm³/mol. The van der Waals surface area contributed by atoms with Crippen LogP contribution >= 0.6 is 11.3 Å². The Bertz CT molecular complexity index is 918. The molecule has 1 fully saturated rings. The molecule has 0 saturated heterocycles. The number of nitrogens with one attached hydrogen (secondary N) is 1. The molecular weight excluding hydrogens is 365 g/mol. The molecule has 0 bridgehead atoms. The summed E-state index contributed by atoms with van der Waals surface area (Å²) in [4.78, 5) is 13.5. The summed E-state index contributed by atoms with van der Waals surface area (Å²) < 4.78 is 39.9. The van der Waals surface area contributed by atoms with Gasteiger partial charge in [-0.05, 0) is 43.7 Å². The minimum Gasteiger partial charge on any atom is -0.315 e. The second-order valence-electron chi connectivity index (χ2n) is 6.61. The van der Waals surface area contributed by atoms with Crippen molar-refractivity contribution in [2.45, 2.75) is 50.7 Å². The van der Waals surface area contributed by atoms with Crippen molar-refractivity contribution in [1.82, 2.24) is 9.78 Å². The molecule has 5 nitrogen and oxygen atoms in total. The number of thiophene rings is 1. The van der Waals surface area contributed by atoms with E-state index in [-0.39, 0.29) is 12.5 Å². The van der Waals surface area contributed by atoms with Gasteiger partial charge in [-0.3, -0.25) is 9.48 Å². The molecule has 2 aromatic heterocycles. The zero-order valence-corrected chi connectivity index (χ0v) is 14.5. The molecule has 0 aromatic carbocycles. The number of carbonyl (C=O) groups is 1. The van der Waals surface area contributed by atoms with Crippen LogP contribution in [0.2, 0.25) is 0 Å². The zero-order chi connectivity index (χ0) is 18.5. The van der Waals surface area contributed by atoms with Crippen molar-refractivity contribution in [3.05, 3.63) is 33.5 Å². The standard InChI is InChI=1S/C17H15F3N4OS/c18-17(19,20)14-6-12(9-4-5-9)24(23-14)8-15(25)22-16-11(7-21)10-2-1-3-13(10)26-16/h6,9H,1-5,8H2,(H,22,25). The summed E-state index contributed by atoms with van der Waals surface area (Å²) in [6.45, 7) is -0.296. The van der Waals surface area contributed by atoms with Crippen LogP contribution in [0.4, 0.5) is 18.2 Å². The van der Waals surface area contributed by atoms with Crippen LogP contribution in [0.15, 0.2) is 6.07 Å². The Kier molecular flexibility index (Phi) is 4.03. The molecule has 0 radical (unpaired) electrons. The third-order valence-electron chi connectivity index (χ3n) is 4.68. The van der Waals surface area contributed by atoms with Gasteiger partial charge in [-0.2, -0.15) is 23.5 Å². The van der Waals surface area contributed by atoms with Gasteiger partial charge in [0.25, 0.3) is 0 Å². The van der Waals surface area contributed by atoms with E-state index in [9.17, 15) is 23.2 Å². The van der Waals surface area contributed by atoms with Gasteiger partial charge in [0.05, 0.1) is 5.56 Å². The van der Waals surface area contributed by atoms with E-state index in [1.54, 1.807) is 0 Å². The van der Waals surface area contributed by atoms with Crippen LogP contribution in [-0.4, -0.2) is 15.7 Å². The number of nitrogens with zero attached hydrogens (tertiary/aromatic N) is 3. The second kappa shape index (κ2) is 6.13. The third-order valence-corrected chi connectivity index (χ3v) is 5.88. The van der Waals surface area contributed by atoms with Crippen LogP contribution in [0.5, 0.6) is 0 Å². The summed E-state index contributed by atoms with van der Waals surface area (Å²) in [6.07, 6.45) is -0.201. The molecule has 136 valence electrons. The second-order valence-corrected chi connectivity index (χ2v) is 7.71. The predicted octanol–water partition coefficient (Wildman–Crippen LogP) is 3.84. The fourth-order valence-electron chi connectivity index (χ4n) is 3.32. The Labute approximate surface area is 151 Å². The maximum atomic E-state index is 12.9. The number of fused-ring (bicyclic) bond motifs is 1. The number of aromatic nitrogens is 2. The lowest BCUT2D eigenvalue weighted by atomic mass is 10.1. The van der Waals surface area contributed by atoms with Crippen LogP contribution in [0.25, 0.3) is 0 Å². The van der Waals surface area contributed by atoms with Crippen LogP contribution in [0.3, 0.4) is 0 Å². The van der Waals surface area contributed by atoms with Crippen LogP contribution in [-0.2, 0) is 30.4 Å². The Morgan fingerprint density at radius 3 is 2.85 bits per heavy atom. The normalized spacial score (nSPS) is 16.4. The topological polar surface area (TPSA) is 70.7 Å². The molecule has 1 amide bonds. The lowest BCUT2D eigenvalue weighted by Gasteiger charge is -2.07. The molecule has 0 spiro atoms. The number of carbonyl (C=O) groups excluding carboxylic acids is 1. The molecule has 9 heteroatoms. The van der Waals surface area contributed by atoms with E-state index in [2.05, 4.69) is 16.5 Å². The summed E-state index contributed by atoms with van der Waals surface area (Å²) >= 11 is 1.38. The number of alkyl halides is 3. The van der Waals surface area contributed by atoms with Gasteiger partial charge in [0.15, 0.2) is 5.69 Å². The van der Waals surface area contributed by atoms with Gasteiger partial charge in [0, 0.05) is 16.5 Å². The van der Waals surface area contributed by atoms with Crippen molar-refractivity contribution in [3.63, 3.8) is 0 Å². The molecule has 4 rings (SSSR count). The first-order chi connectivity index (χ1) is 12.4. The first kappa shape index (κ1) is 17.1. The highest BCUT2D eigenvalue weighted by Gasteiger charge is 2.38. The average molecular weight is 380 g/mol. The minimum absolute atomic E-state index is 0.0339. The van der Waals surface area contributed by atoms with E-state index in [1.165, 1.54) is 11.3 Å². The molecule has 0 unspecified atom stereocenters. The number of anilines is 1. The van der Waals surface area contributed by atoms with Crippen molar-refractivity contribution in [1.29, 1.82) is 5.26 Å². The van der Waals surface area contributed by atoms with Gasteiger partial charge in [-0.15, -0.1) is 11.3 Å². The van der Waals surface area contributed by atoms with Gasteiger partial charge in [0.1, 0.15) is 17.6 Å². The lowest BCUT2D eigenvalue weighted by Crippen LogP contribution is -2.21. The highest BCUT2D eigenvalue weighted by molar-refractivity contribution is 7.16. The first-order valence-corrected chi connectivity index (χ1v) is 9.18. The fourth-order valence-corrected chi connectivity index (χ4v) is 4.57. The molecule has 0 aliphatic heterocycles. The largest absolute Gasteiger partial charge is 0.435 e. The molecule has 2 heterocycles. The zero-order valence-electron chi connectivity index (χ0n) is 13.7. The summed E-state index contributed by atoms with van der Waals surface area (Å²) in [5.74, 6) is -0.438. The number of halogens is 3. The van der Waals surface area contributed by atoms with Crippen molar-refractivity contribution < 1.29 is 18.0 Å². The summed E-state index contributed by atoms with van der Waals surface area (Å²) in [5.41, 5.74) is 0.946. The number of amides is 1. The number of nitriles is 1. The molecule has 2 aliphatic rings. The monoisotopic (exact) mass is 380 g/mol. The van der Waals surface area contributed by atoms with Crippen LogP contribution in [0.1, 0.15) is 52.6 Å². The Balaban J connectivity index is 1.54. The molecule has 2 aliphatic carbocycles. The van der Waals surface area contributed by atoms with E-state index in [0.29, 0.717) is 16.3 Å². The highest BCUT2D eigenvalue weighted by atomic mass is 32.1. The van der Waals surface area contributed by atoms with E-state index in [0.717, 1.165) is 53.3 Å². The van der Waals surface area contributed by atoms with E-state index >= 15 is 0 Å². The molecule has 1 N–H and O–H groups in total. The number of rotatable bonds is 4. The maximum absolute atomic E-state index is 12.9. The quantitative estimate of drug-likeness (QED) is 0.876. The molecule has 0 atom stereocenters. The Morgan fingerprint density at radius 1 is 1.42 bits per heavy atom. The fraction of sp³-hybridized carbons (Fsp3) is 0.471. The van der Waals surface area contributed by atoms with Crippen molar-refractivity contribution >= 4 is 22.2 Å². The molecule has 26 heavy (non-hydrogen) atoms. The summed E-state index contributed by atoms with van der Waals surface area (Å²) in [7, 11) is 0. The molecule has 1 saturated carbocycles. The van der Waals surface area contributed by atoms with E-state index in [1.807, 2.05) is 0 Å². The molecular formula is C17H15F3N4OS. The minimum atomic E-state index is -4.53. The number of aryl methyl sites for hydroxylation is 1.